The van der Waals surface area contributed by atoms with Crippen LogP contribution in [0.25, 0.3) is 21.3 Å². The lowest BCUT2D eigenvalue weighted by atomic mass is 9.98. The molecule has 7 heteroatoms. The van der Waals surface area contributed by atoms with Crippen LogP contribution in [0.5, 0.6) is 0 Å². The molecule has 3 heterocycles. The first-order chi connectivity index (χ1) is 15.0. The molecule has 6 nitrogen and oxygen atoms in total. The highest BCUT2D eigenvalue weighted by Gasteiger charge is 2.28. The normalized spacial score (nSPS) is 16.8. The van der Waals surface area contributed by atoms with Crippen molar-refractivity contribution in [3.63, 3.8) is 0 Å². The Labute approximate surface area is 184 Å². The summed E-state index contributed by atoms with van der Waals surface area (Å²) in [6.07, 6.45) is 2.01. The number of carbonyl (C=O) groups excluding carboxylic acids is 1. The summed E-state index contributed by atoms with van der Waals surface area (Å²) in [5, 5.41) is 1.11. The van der Waals surface area contributed by atoms with E-state index in [4.69, 9.17) is 4.98 Å². The Kier molecular flexibility index (Phi) is 5.06. The van der Waals surface area contributed by atoms with Gasteiger partial charge in [0.2, 0.25) is 0 Å². The summed E-state index contributed by atoms with van der Waals surface area (Å²) in [6.45, 7) is 5.66. The Morgan fingerprint density at radius 2 is 2.00 bits per heavy atom. The number of hydrogen-bond acceptors (Lipinski definition) is 5. The predicted molar refractivity (Wildman–Crippen MR) is 124 cm³/mol. The Hall–Kier alpha value is -3.06. The molecule has 1 aliphatic rings. The number of carbonyl (C=O) groups is 1. The third kappa shape index (κ3) is 3.53. The monoisotopic (exact) mass is 432 g/mol. The summed E-state index contributed by atoms with van der Waals surface area (Å²) in [5.41, 5.74) is 3.47. The van der Waals surface area contributed by atoms with Gasteiger partial charge < -0.3 is 9.47 Å². The minimum absolute atomic E-state index is 0.0152. The minimum atomic E-state index is -0.0798. The Balaban J connectivity index is 1.43. The summed E-state index contributed by atoms with van der Waals surface area (Å²) < 4.78 is 2.90. The van der Waals surface area contributed by atoms with Crippen molar-refractivity contribution in [3.05, 3.63) is 69.1 Å². The molecule has 1 saturated heterocycles. The van der Waals surface area contributed by atoms with E-state index in [0.717, 1.165) is 35.4 Å². The van der Waals surface area contributed by atoms with Crippen molar-refractivity contribution in [1.82, 2.24) is 19.4 Å². The van der Waals surface area contributed by atoms with Crippen LogP contribution in [-0.2, 0) is 6.54 Å². The van der Waals surface area contributed by atoms with Crippen molar-refractivity contribution in [3.8, 4) is 0 Å². The van der Waals surface area contributed by atoms with Crippen LogP contribution in [-0.4, -0.2) is 38.4 Å². The fraction of sp³-hybridized carbons (Fsp3) is 0.333. The number of amides is 1. The molecule has 1 amide bonds. The van der Waals surface area contributed by atoms with Crippen molar-refractivity contribution in [2.24, 2.45) is 0 Å². The molecule has 1 fully saturated rings. The molecule has 0 spiro atoms. The van der Waals surface area contributed by atoms with Crippen molar-refractivity contribution >= 4 is 38.5 Å². The molecular weight excluding hydrogens is 408 g/mol. The maximum absolute atomic E-state index is 13.3. The highest BCUT2D eigenvalue weighted by molar-refractivity contribution is 7.18. The topological polar surface area (TPSA) is 68.1 Å². The first kappa shape index (κ1) is 19.9. The lowest BCUT2D eigenvalue weighted by Gasteiger charge is -2.32. The number of fused-ring (bicyclic) bond motifs is 2. The summed E-state index contributed by atoms with van der Waals surface area (Å²) in [6, 6.07) is 13.7. The Bertz CT molecular complexity index is 1320. The average Bonchev–Trinajstić information content (AvgIpc) is 3.24. The van der Waals surface area contributed by atoms with Gasteiger partial charge in [-0.05, 0) is 57.0 Å². The zero-order valence-corrected chi connectivity index (χ0v) is 18.5. The number of para-hydroxylation sites is 1. The SMILES string of the molecule is CCn1c(=O)c(C)nc2cc(C(=O)N3CCCC(c4nc5ccccc5s4)C3)ccc21. The zero-order chi connectivity index (χ0) is 21.5. The molecule has 1 unspecified atom stereocenters. The largest absolute Gasteiger partial charge is 0.338 e. The molecular formula is C24H24N4O2S. The second-order valence-corrected chi connectivity index (χ2v) is 9.12. The van der Waals surface area contributed by atoms with Crippen LogP contribution in [0.2, 0.25) is 0 Å². The molecule has 1 aliphatic heterocycles. The van der Waals surface area contributed by atoms with Gasteiger partial charge in [0.15, 0.2) is 0 Å². The molecule has 4 aromatic rings. The summed E-state index contributed by atoms with van der Waals surface area (Å²) in [5.74, 6) is 0.280. The van der Waals surface area contributed by atoms with Crippen LogP contribution in [0.1, 0.15) is 46.7 Å². The van der Waals surface area contributed by atoms with Gasteiger partial charge in [0.1, 0.15) is 5.69 Å². The fourth-order valence-corrected chi connectivity index (χ4v) is 5.53. The van der Waals surface area contributed by atoms with E-state index in [-0.39, 0.29) is 17.4 Å². The molecule has 2 aromatic carbocycles. The number of benzene rings is 2. The van der Waals surface area contributed by atoms with Gasteiger partial charge >= 0.3 is 0 Å². The number of likely N-dealkylation sites (tertiary alicyclic amines) is 1. The van der Waals surface area contributed by atoms with Crippen LogP contribution in [0, 0.1) is 6.92 Å². The van der Waals surface area contributed by atoms with E-state index < -0.39 is 0 Å². The lowest BCUT2D eigenvalue weighted by Crippen LogP contribution is -2.39. The number of hydrogen-bond donors (Lipinski definition) is 0. The number of aryl methyl sites for hydroxylation is 2. The van der Waals surface area contributed by atoms with Gasteiger partial charge in [-0.3, -0.25) is 9.59 Å². The van der Waals surface area contributed by atoms with E-state index in [1.807, 2.05) is 48.2 Å². The van der Waals surface area contributed by atoms with Crippen molar-refractivity contribution in [2.45, 2.75) is 39.2 Å². The fourth-order valence-electron chi connectivity index (χ4n) is 4.43. The summed E-state index contributed by atoms with van der Waals surface area (Å²) in [7, 11) is 0. The van der Waals surface area contributed by atoms with E-state index in [2.05, 4.69) is 11.1 Å². The highest BCUT2D eigenvalue weighted by atomic mass is 32.1. The molecule has 1 atom stereocenters. The number of aromatic nitrogens is 3. The van der Waals surface area contributed by atoms with Crippen LogP contribution < -0.4 is 5.56 Å². The van der Waals surface area contributed by atoms with Gasteiger partial charge in [-0.1, -0.05) is 12.1 Å². The molecule has 0 saturated carbocycles. The van der Waals surface area contributed by atoms with Gasteiger partial charge in [-0.2, -0.15) is 0 Å². The molecule has 31 heavy (non-hydrogen) atoms. The lowest BCUT2D eigenvalue weighted by molar-refractivity contribution is 0.0707. The first-order valence-electron chi connectivity index (χ1n) is 10.7. The second kappa shape index (κ2) is 7.89. The standard InChI is InChI=1S/C24H24N4O2S/c1-3-28-20-11-10-16(13-19(20)25-15(2)23(28)29)24(30)27-12-6-7-17(14-27)22-26-18-8-4-5-9-21(18)31-22/h4-5,8-11,13,17H,3,6-7,12,14H2,1-2H3. The van der Waals surface area contributed by atoms with Gasteiger partial charge in [-0.25, -0.2) is 9.97 Å². The van der Waals surface area contributed by atoms with Crippen molar-refractivity contribution < 1.29 is 4.79 Å². The maximum Gasteiger partial charge on any atom is 0.272 e. The minimum Gasteiger partial charge on any atom is -0.338 e. The summed E-state index contributed by atoms with van der Waals surface area (Å²) in [4.78, 5) is 36.8. The predicted octanol–water partition coefficient (Wildman–Crippen LogP) is 4.35. The zero-order valence-electron chi connectivity index (χ0n) is 17.7. The Morgan fingerprint density at radius 1 is 1.16 bits per heavy atom. The van der Waals surface area contributed by atoms with Gasteiger partial charge in [-0.15, -0.1) is 11.3 Å². The number of thiazole rings is 1. The van der Waals surface area contributed by atoms with Crippen LogP contribution in [0.15, 0.2) is 47.3 Å². The van der Waals surface area contributed by atoms with Gasteiger partial charge in [0.25, 0.3) is 11.5 Å². The van der Waals surface area contributed by atoms with Gasteiger partial charge in [0, 0.05) is 31.1 Å². The molecule has 2 aromatic heterocycles. The van der Waals surface area contributed by atoms with Crippen molar-refractivity contribution in [1.29, 1.82) is 0 Å². The van der Waals surface area contributed by atoms with E-state index in [1.165, 1.54) is 4.70 Å². The summed E-state index contributed by atoms with van der Waals surface area (Å²) >= 11 is 1.73. The van der Waals surface area contributed by atoms with Crippen LogP contribution in [0.3, 0.4) is 0 Å². The van der Waals surface area contributed by atoms with E-state index in [9.17, 15) is 9.59 Å². The van der Waals surface area contributed by atoms with Crippen LogP contribution >= 0.6 is 11.3 Å². The van der Waals surface area contributed by atoms with E-state index in [1.54, 1.807) is 22.8 Å². The number of rotatable bonds is 3. The third-order valence-electron chi connectivity index (χ3n) is 6.04. The van der Waals surface area contributed by atoms with Gasteiger partial charge in [0.05, 0.1) is 26.3 Å². The number of nitrogens with zero attached hydrogens (tertiary/aromatic N) is 4. The molecule has 5 rings (SSSR count). The van der Waals surface area contributed by atoms with Crippen molar-refractivity contribution in [2.75, 3.05) is 13.1 Å². The Morgan fingerprint density at radius 3 is 2.81 bits per heavy atom. The maximum atomic E-state index is 13.3. The second-order valence-electron chi connectivity index (χ2n) is 8.06. The average molecular weight is 433 g/mol. The molecule has 0 N–H and O–H groups in total. The van der Waals surface area contributed by atoms with E-state index >= 15 is 0 Å². The van der Waals surface area contributed by atoms with E-state index in [0.29, 0.717) is 29.9 Å². The molecule has 0 aliphatic carbocycles. The molecule has 158 valence electrons. The van der Waals surface area contributed by atoms with Crippen LogP contribution in [0.4, 0.5) is 0 Å². The molecule has 0 radical (unpaired) electrons. The number of piperidine rings is 1. The third-order valence-corrected chi connectivity index (χ3v) is 7.24. The quantitative estimate of drug-likeness (QED) is 0.483. The first-order valence-corrected chi connectivity index (χ1v) is 11.5. The molecule has 0 bridgehead atoms. The highest BCUT2D eigenvalue weighted by Crippen LogP contribution is 2.33. The smallest absolute Gasteiger partial charge is 0.272 e.